The summed E-state index contributed by atoms with van der Waals surface area (Å²) in [5.41, 5.74) is -0.528. The average Bonchev–Trinajstić information content (AvgIpc) is 2.74. The van der Waals surface area contributed by atoms with Gasteiger partial charge >= 0.3 is 0 Å². The third-order valence-electron chi connectivity index (χ3n) is 5.62. The number of phenolic OH excluding ortho intramolecular Hbond substituents is 4. The predicted molar refractivity (Wildman–Crippen MR) is 112 cm³/mol. The van der Waals surface area contributed by atoms with Crippen LogP contribution in [0.1, 0.15) is 17.0 Å². The molecule has 1 atom stereocenters. The van der Waals surface area contributed by atoms with Crippen LogP contribution in [0.2, 0.25) is 0 Å². The molecule has 0 spiro atoms. The second-order valence-electron chi connectivity index (χ2n) is 7.28. The number of phenols is 4. The minimum atomic E-state index is -1.30. The van der Waals surface area contributed by atoms with Gasteiger partial charge in [-0.3, -0.25) is 4.79 Å². The zero-order chi connectivity index (χ0) is 21.2. The van der Waals surface area contributed by atoms with Gasteiger partial charge in [-0.25, -0.2) is 0 Å². The molecule has 6 heteroatoms. The van der Waals surface area contributed by atoms with Crippen LogP contribution in [0.3, 0.4) is 0 Å². The highest BCUT2D eigenvalue weighted by molar-refractivity contribution is 6.34. The summed E-state index contributed by atoms with van der Waals surface area (Å²) in [5, 5.41) is 54.8. The first-order chi connectivity index (χ1) is 14.4. The molecule has 1 aliphatic rings. The van der Waals surface area contributed by atoms with E-state index in [4.69, 9.17) is 0 Å². The average molecular weight is 400 g/mol. The molecule has 5 rings (SSSR count). The number of rotatable bonds is 2. The molecule has 0 heterocycles. The molecule has 0 amide bonds. The molecule has 0 bridgehead atoms. The number of Topliss-reactive ketones (excluding diaryl/α,β-unsaturated/α-hetero) is 1. The largest absolute Gasteiger partial charge is 0.510 e. The maximum absolute atomic E-state index is 13.0. The lowest BCUT2D eigenvalue weighted by atomic mass is 9.73. The van der Waals surface area contributed by atoms with E-state index < -0.39 is 17.5 Å². The summed E-state index contributed by atoms with van der Waals surface area (Å²) < 4.78 is 0. The molecule has 0 saturated heterocycles. The second-order valence-corrected chi connectivity index (χ2v) is 7.28. The fourth-order valence-electron chi connectivity index (χ4n) is 4.16. The molecule has 4 aromatic carbocycles. The summed E-state index contributed by atoms with van der Waals surface area (Å²) in [6.07, 6.45) is 0. The van der Waals surface area contributed by atoms with Crippen molar-refractivity contribution in [3.05, 3.63) is 77.5 Å². The first-order valence-electron chi connectivity index (χ1n) is 9.25. The monoisotopic (exact) mass is 400 g/mol. The van der Waals surface area contributed by atoms with Gasteiger partial charge < -0.3 is 25.5 Å². The van der Waals surface area contributed by atoms with Crippen molar-refractivity contribution >= 4 is 32.9 Å². The van der Waals surface area contributed by atoms with Crippen LogP contribution < -0.4 is 0 Å². The van der Waals surface area contributed by atoms with Gasteiger partial charge in [-0.15, -0.1) is 0 Å². The summed E-state index contributed by atoms with van der Waals surface area (Å²) in [7, 11) is 0. The topological polar surface area (TPSA) is 118 Å². The molecule has 30 heavy (non-hydrogen) atoms. The summed E-state index contributed by atoms with van der Waals surface area (Å²) >= 11 is 0. The highest BCUT2D eigenvalue weighted by Gasteiger charge is 2.46. The van der Waals surface area contributed by atoms with Crippen molar-refractivity contribution in [2.75, 3.05) is 0 Å². The van der Waals surface area contributed by atoms with Crippen LogP contribution in [-0.2, 0) is 4.79 Å². The maximum Gasteiger partial charge on any atom is 0.182 e. The molecule has 5 N–H and O–H groups in total. The van der Waals surface area contributed by atoms with Crippen LogP contribution >= 0.6 is 0 Å². The summed E-state index contributed by atoms with van der Waals surface area (Å²) in [4.78, 5) is 13.0. The van der Waals surface area contributed by atoms with E-state index in [1.54, 1.807) is 48.5 Å². The Kier molecular flexibility index (Phi) is 3.67. The number of hydrogen-bond donors (Lipinski definition) is 5. The number of carbonyl (C=O) groups is 1. The standard InChI is InChI=1S/C24H16O6/c25-15-9-11-5-1-3-7-13(11)21(27)17(15)19-23(29)20(24(19)30)18-16(26)10-12-6-2-4-8-14(12)22(18)28/h1-10,19,25-29H. The Balaban J connectivity index is 1.71. The van der Waals surface area contributed by atoms with E-state index in [0.717, 1.165) is 0 Å². The van der Waals surface area contributed by atoms with Gasteiger partial charge in [-0.05, 0) is 22.9 Å². The van der Waals surface area contributed by atoms with Gasteiger partial charge in [-0.1, -0.05) is 48.5 Å². The number of allylic oxidation sites excluding steroid dienone is 2. The van der Waals surface area contributed by atoms with Crippen molar-refractivity contribution in [2.45, 2.75) is 5.92 Å². The van der Waals surface area contributed by atoms with Crippen molar-refractivity contribution in [1.29, 1.82) is 0 Å². The number of carbonyl (C=O) groups excluding carboxylic acids is 1. The summed E-state index contributed by atoms with van der Waals surface area (Å²) in [6.45, 7) is 0. The van der Waals surface area contributed by atoms with Crippen molar-refractivity contribution in [1.82, 2.24) is 0 Å². The first kappa shape index (κ1) is 17.9. The van der Waals surface area contributed by atoms with E-state index in [1.807, 2.05) is 0 Å². The minimum absolute atomic E-state index is 0.111. The van der Waals surface area contributed by atoms with Crippen molar-refractivity contribution in [2.24, 2.45) is 0 Å². The number of fused-ring (bicyclic) bond motifs is 2. The number of benzene rings is 4. The molecule has 148 valence electrons. The quantitative estimate of drug-likeness (QED) is 0.339. The Morgan fingerprint density at radius 3 is 1.80 bits per heavy atom. The fraction of sp³-hybridized carbons (Fsp3) is 0.0417. The third-order valence-corrected chi connectivity index (χ3v) is 5.62. The van der Waals surface area contributed by atoms with Gasteiger partial charge in [0.05, 0.1) is 16.7 Å². The molecule has 0 aliphatic heterocycles. The van der Waals surface area contributed by atoms with Crippen LogP contribution in [0.4, 0.5) is 0 Å². The van der Waals surface area contributed by atoms with E-state index >= 15 is 0 Å². The van der Waals surface area contributed by atoms with E-state index in [1.165, 1.54) is 12.1 Å². The lowest BCUT2D eigenvalue weighted by molar-refractivity contribution is -0.116. The molecular formula is C24H16O6. The highest BCUT2D eigenvalue weighted by Crippen LogP contribution is 2.53. The maximum atomic E-state index is 13.0. The smallest absolute Gasteiger partial charge is 0.182 e. The van der Waals surface area contributed by atoms with Crippen molar-refractivity contribution in [3.63, 3.8) is 0 Å². The SMILES string of the molecule is O=C1C(c2c(O)cc3ccccc3c2O)=C(O)C1c1c(O)cc2ccccc2c1O. The molecule has 0 aromatic heterocycles. The zero-order valence-corrected chi connectivity index (χ0v) is 15.5. The van der Waals surface area contributed by atoms with Gasteiger partial charge in [0.15, 0.2) is 5.78 Å². The van der Waals surface area contributed by atoms with Gasteiger partial charge in [0, 0.05) is 10.8 Å². The Labute approximate surface area is 170 Å². The van der Waals surface area contributed by atoms with Crippen LogP contribution in [-0.4, -0.2) is 31.3 Å². The second kappa shape index (κ2) is 6.15. The van der Waals surface area contributed by atoms with E-state index in [9.17, 15) is 30.3 Å². The fourth-order valence-corrected chi connectivity index (χ4v) is 4.16. The number of ketones is 1. The van der Waals surface area contributed by atoms with Gasteiger partial charge in [-0.2, -0.15) is 0 Å². The Bertz CT molecular complexity index is 1420. The van der Waals surface area contributed by atoms with Gasteiger partial charge in [0.2, 0.25) is 0 Å². The van der Waals surface area contributed by atoms with Crippen molar-refractivity contribution < 1.29 is 30.3 Å². The number of aliphatic hydroxyl groups is 1. The number of aliphatic hydroxyl groups excluding tert-OH is 1. The summed E-state index contributed by atoms with van der Waals surface area (Å²) in [6, 6.07) is 16.4. The van der Waals surface area contributed by atoms with E-state index in [0.29, 0.717) is 21.5 Å². The first-order valence-corrected chi connectivity index (χ1v) is 9.25. The molecule has 1 aliphatic carbocycles. The Morgan fingerprint density at radius 2 is 1.20 bits per heavy atom. The lowest BCUT2D eigenvalue weighted by Gasteiger charge is -2.30. The highest BCUT2D eigenvalue weighted by atomic mass is 16.3. The van der Waals surface area contributed by atoms with Crippen LogP contribution in [0, 0.1) is 0 Å². The minimum Gasteiger partial charge on any atom is -0.510 e. The van der Waals surface area contributed by atoms with Crippen LogP contribution in [0.15, 0.2) is 66.4 Å². The van der Waals surface area contributed by atoms with Crippen LogP contribution in [0.5, 0.6) is 23.0 Å². The van der Waals surface area contributed by atoms with Crippen LogP contribution in [0.25, 0.3) is 27.1 Å². The third kappa shape index (κ3) is 2.27. The number of aromatic hydroxyl groups is 4. The Hall–Kier alpha value is -4.19. The molecule has 4 aromatic rings. The summed E-state index contributed by atoms with van der Waals surface area (Å²) in [5.74, 6) is -3.69. The van der Waals surface area contributed by atoms with E-state index in [2.05, 4.69) is 0 Å². The molecule has 0 radical (unpaired) electrons. The molecule has 0 saturated carbocycles. The lowest BCUT2D eigenvalue weighted by Crippen LogP contribution is -2.28. The van der Waals surface area contributed by atoms with Crippen molar-refractivity contribution in [3.8, 4) is 23.0 Å². The van der Waals surface area contributed by atoms with Gasteiger partial charge in [0.1, 0.15) is 34.7 Å². The predicted octanol–water partition coefficient (Wildman–Crippen LogP) is 4.45. The normalized spacial score (nSPS) is 16.3. The molecule has 1 unspecified atom stereocenters. The molecule has 0 fully saturated rings. The Morgan fingerprint density at radius 1 is 0.667 bits per heavy atom. The van der Waals surface area contributed by atoms with E-state index in [-0.39, 0.29) is 39.7 Å². The number of hydrogen-bond acceptors (Lipinski definition) is 6. The molecule has 6 nitrogen and oxygen atoms in total. The van der Waals surface area contributed by atoms with Gasteiger partial charge in [0.25, 0.3) is 0 Å². The molecular weight excluding hydrogens is 384 g/mol. The zero-order valence-electron chi connectivity index (χ0n) is 15.5.